The van der Waals surface area contributed by atoms with E-state index in [0.717, 1.165) is 24.4 Å². The topological polar surface area (TPSA) is 38.8 Å². The van der Waals surface area contributed by atoms with Gasteiger partial charge in [-0.05, 0) is 55.7 Å². The number of nitrogens with zero attached hydrogens (tertiary/aromatic N) is 1. The molecule has 1 aromatic carbocycles. The Morgan fingerprint density at radius 3 is 2.56 bits per heavy atom. The number of hydrogen-bond acceptors (Lipinski definition) is 3. The molecule has 1 aromatic rings. The van der Waals surface area contributed by atoms with Gasteiger partial charge in [0.05, 0.1) is 13.7 Å². The van der Waals surface area contributed by atoms with Gasteiger partial charge < -0.3 is 14.4 Å². The third kappa shape index (κ3) is 4.55. The molecule has 2 aliphatic rings. The number of likely N-dealkylation sites (tertiary alicyclic amines) is 1. The summed E-state index contributed by atoms with van der Waals surface area (Å²) in [6, 6.07) is 7.80. The largest absolute Gasteiger partial charge is 0.497 e. The number of amides is 1. The molecule has 0 aromatic heterocycles. The van der Waals surface area contributed by atoms with E-state index >= 15 is 0 Å². The maximum atomic E-state index is 12.7. The second kappa shape index (κ2) is 8.22. The van der Waals surface area contributed by atoms with Gasteiger partial charge >= 0.3 is 0 Å². The van der Waals surface area contributed by atoms with E-state index in [1.807, 2.05) is 36.1 Å². The SMILES string of the molecule is COc1cccc(COC(C)C(=O)N2CCC3(CCCCC3)CC2)c1. The first-order valence-corrected chi connectivity index (χ1v) is 9.65. The zero-order valence-corrected chi connectivity index (χ0v) is 15.6. The number of carbonyl (C=O) groups is 1. The van der Waals surface area contributed by atoms with Crippen LogP contribution < -0.4 is 4.74 Å². The van der Waals surface area contributed by atoms with Crippen molar-refractivity contribution < 1.29 is 14.3 Å². The van der Waals surface area contributed by atoms with Crippen LogP contribution in [-0.2, 0) is 16.1 Å². The van der Waals surface area contributed by atoms with Crippen molar-refractivity contribution in [2.75, 3.05) is 20.2 Å². The molecule has 4 heteroatoms. The van der Waals surface area contributed by atoms with Gasteiger partial charge in [-0.2, -0.15) is 0 Å². The molecule has 1 spiro atoms. The normalized spacial score (nSPS) is 21.1. The molecule has 2 fully saturated rings. The first-order valence-electron chi connectivity index (χ1n) is 9.65. The van der Waals surface area contributed by atoms with Crippen LogP contribution in [0, 0.1) is 5.41 Å². The quantitative estimate of drug-likeness (QED) is 0.804. The van der Waals surface area contributed by atoms with Gasteiger partial charge in [0.1, 0.15) is 11.9 Å². The molecule has 1 amide bonds. The molecule has 1 aliphatic carbocycles. The second-order valence-corrected chi connectivity index (χ2v) is 7.69. The standard InChI is InChI=1S/C21H31NO3/c1-17(25-16-18-7-6-8-19(15-18)24-2)20(23)22-13-11-21(12-14-22)9-4-3-5-10-21/h6-8,15,17H,3-5,9-14,16H2,1-2H3. The first kappa shape index (κ1) is 18.2. The van der Waals surface area contributed by atoms with Crippen LogP contribution in [0.1, 0.15) is 57.4 Å². The van der Waals surface area contributed by atoms with E-state index in [-0.39, 0.29) is 5.91 Å². The van der Waals surface area contributed by atoms with Crippen molar-refractivity contribution in [1.29, 1.82) is 0 Å². The molecule has 1 unspecified atom stereocenters. The molecule has 1 aliphatic heterocycles. The highest BCUT2D eigenvalue weighted by Crippen LogP contribution is 2.44. The zero-order chi connectivity index (χ0) is 17.7. The lowest BCUT2D eigenvalue weighted by molar-refractivity contribution is -0.146. The highest BCUT2D eigenvalue weighted by molar-refractivity contribution is 5.80. The Kier molecular flexibility index (Phi) is 6.00. The van der Waals surface area contributed by atoms with E-state index in [2.05, 4.69) is 0 Å². The average Bonchev–Trinajstić information content (AvgIpc) is 2.67. The lowest BCUT2D eigenvalue weighted by Gasteiger charge is -2.44. The number of rotatable bonds is 5. The van der Waals surface area contributed by atoms with Gasteiger partial charge in [-0.1, -0.05) is 31.4 Å². The summed E-state index contributed by atoms with van der Waals surface area (Å²) in [6.07, 6.45) is 8.78. The van der Waals surface area contributed by atoms with Crippen molar-refractivity contribution in [2.45, 2.75) is 64.6 Å². The monoisotopic (exact) mass is 345 g/mol. The number of hydrogen-bond donors (Lipinski definition) is 0. The van der Waals surface area contributed by atoms with E-state index in [1.165, 1.54) is 44.9 Å². The van der Waals surface area contributed by atoms with Crippen LogP contribution in [0.2, 0.25) is 0 Å². The van der Waals surface area contributed by atoms with E-state index in [9.17, 15) is 4.79 Å². The van der Waals surface area contributed by atoms with Crippen LogP contribution in [0.15, 0.2) is 24.3 Å². The van der Waals surface area contributed by atoms with Crippen molar-refractivity contribution in [2.24, 2.45) is 5.41 Å². The van der Waals surface area contributed by atoms with Crippen LogP contribution in [0.3, 0.4) is 0 Å². The van der Waals surface area contributed by atoms with E-state index in [4.69, 9.17) is 9.47 Å². The number of ether oxygens (including phenoxy) is 2. The number of carbonyl (C=O) groups excluding carboxylic acids is 1. The maximum Gasteiger partial charge on any atom is 0.251 e. The summed E-state index contributed by atoms with van der Waals surface area (Å²) in [7, 11) is 1.65. The van der Waals surface area contributed by atoms with E-state index < -0.39 is 6.10 Å². The fourth-order valence-electron chi connectivity index (χ4n) is 4.32. The number of methoxy groups -OCH3 is 1. The summed E-state index contributed by atoms with van der Waals surface area (Å²) in [5, 5.41) is 0. The Morgan fingerprint density at radius 2 is 1.88 bits per heavy atom. The van der Waals surface area contributed by atoms with E-state index in [0.29, 0.717) is 12.0 Å². The van der Waals surface area contributed by atoms with Crippen molar-refractivity contribution in [3.05, 3.63) is 29.8 Å². The molecule has 1 saturated carbocycles. The Morgan fingerprint density at radius 1 is 1.16 bits per heavy atom. The smallest absolute Gasteiger partial charge is 0.251 e. The molecule has 0 bridgehead atoms. The summed E-state index contributed by atoms with van der Waals surface area (Å²) >= 11 is 0. The molecule has 0 N–H and O–H groups in total. The molecule has 138 valence electrons. The zero-order valence-electron chi connectivity index (χ0n) is 15.6. The summed E-state index contributed by atoms with van der Waals surface area (Å²) in [4.78, 5) is 14.7. The van der Waals surface area contributed by atoms with Gasteiger partial charge in [-0.25, -0.2) is 0 Å². The Hall–Kier alpha value is -1.55. The van der Waals surface area contributed by atoms with Crippen LogP contribution in [0.5, 0.6) is 5.75 Å². The maximum absolute atomic E-state index is 12.7. The van der Waals surface area contributed by atoms with Gasteiger partial charge in [0.2, 0.25) is 0 Å². The molecule has 0 radical (unpaired) electrons. The number of benzene rings is 1. The van der Waals surface area contributed by atoms with E-state index in [1.54, 1.807) is 7.11 Å². The highest BCUT2D eigenvalue weighted by Gasteiger charge is 2.37. The van der Waals surface area contributed by atoms with Crippen molar-refractivity contribution in [1.82, 2.24) is 4.90 Å². The molecule has 3 rings (SSSR count). The van der Waals surface area contributed by atoms with Crippen LogP contribution in [0.4, 0.5) is 0 Å². The summed E-state index contributed by atoms with van der Waals surface area (Å²) < 4.78 is 11.1. The van der Waals surface area contributed by atoms with Gasteiger partial charge in [-0.15, -0.1) is 0 Å². The third-order valence-corrected chi connectivity index (χ3v) is 6.03. The Balaban J connectivity index is 1.47. The Labute approximate surface area is 151 Å². The summed E-state index contributed by atoms with van der Waals surface area (Å²) in [5.41, 5.74) is 1.55. The van der Waals surface area contributed by atoms with Gasteiger partial charge in [0.15, 0.2) is 0 Å². The Bertz CT molecular complexity index is 570. The van der Waals surface area contributed by atoms with Gasteiger partial charge in [0, 0.05) is 13.1 Å². The van der Waals surface area contributed by atoms with Crippen LogP contribution in [-0.4, -0.2) is 37.1 Å². The first-order chi connectivity index (χ1) is 12.1. The minimum absolute atomic E-state index is 0.133. The molecule has 1 heterocycles. The summed E-state index contributed by atoms with van der Waals surface area (Å²) in [5.74, 6) is 0.947. The fourth-order valence-corrected chi connectivity index (χ4v) is 4.32. The third-order valence-electron chi connectivity index (χ3n) is 6.03. The predicted molar refractivity (Wildman–Crippen MR) is 98.6 cm³/mol. The van der Waals surface area contributed by atoms with Crippen molar-refractivity contribution in [3.63, 3.8) is 0 Å². The molecule has 25 heavy (non-hydrogen) atoms. The molecule has 1 atom stereocenters. The molecular formula is C21H31NO3. The van der Waals surface area contributed by atoms with Gasteiger partial charge in [0.25, 0.3) is 5.91 Å². The lowest BCUT2D eigenvalue weighted by atomic mass is 9.68. The second-order valence-electron chi connectivity index (χ2n) is 7.69. The number of piperidine rings is 1. The predicted octanol–water partition coefficient (Wildman–Crippen LogP) is 4.17. The van der Waals surface area contributed by atoms with Gasteiger partial charge in [-0.3, -0.25) is 4.79 Å². The fraction of sp³-hybridized carbons (Fsp3) is 0.667. The van der Waals surface area contributed by atoms with Crippen molar-refractivity contribution in [3.8, 4) is 5.75 Å². The molecule has 4 nitrogen and oxygen atoms in total. The average molecular weight is 345 g/mol. The summed E-state index contributed by atoms with van der Waals surface area (Å²) in [6.45, 7) is 4.09. The highest BCUT2D eigenvalue weighted by atomic mass is 16.5. The van der Waals surface area contributed by atoms with Crippen LogP contribution in [0.25, 0.3) is 0 Å². The molecular weight excluding hydrogens is 314 g/mol. The lowest BCUT2D eigenvalue weighted by Crippen LogP contribution is -2.47. The molecule has 1 saturated heterocycles. The van der Waals surface area contributed by atoms with Crippen LogP contribution >= 0.6 is 0 Å². The minimum atomic E-state index is -0.397. The van der Waals surface area contributed by atoms with Crippen molar-refractivity contribution >= 4 is 5.91 Å². The minimum Gasteiger partial charge on any atom is -0.497 e.